The molecule has 0 atom stereocenters. The third-order valence-electron chi connectivity index (χ3n) is 7.76. The largest absolute Gasteiger partial charge is 0.192 e. The number of nitriles is 1. The summed E-state index contributed by atoms with van der Waals surface area (Å²) >= 11 is 3.68. The maximum Gasteiger partial charge on any atom is 0.0998 e. The Hall–Kier alpha value is -4.75. The molecule has 0 radical (unpaired) electrons. The smallest absolute Gasteiger partial charge is 0.0998 e. The van der Waals surface area contributed by atoms with Crippen molar-refractivity contribution in [2.75, 3.05) is 0 Å². The second-order valence-corrected chi connectivity index (χ2v) is 12.1. The molecule has 8 rings (SSSR count). The molecule has 1 nitrogen and oxygen atoms in total. The number of nitrogens with zero attached hydrogens (tertiary/aromatic N) is 1. The maximum absolute atomic E-state index is 10.0. The van der Waals surface area contributed by atoms with E-state index < -0.39 is 0 Å². The summed E-state index contributed by atoms with van der Waals surface area (Å²) in [4.78, 5) is 0. The monoisotopic (exact) mass is 543 g/mol. The summed E-state index contributed by atoms with van der Waals surface area (Å²) in [7, 11) is 0. The van der Waals surface area contributed by atoms with Crippen molar-refractivity contribution in [1.82, 2.24) is 0 Å². The van der Waals surface area contributed by atoms with Crippen molar-refractivity contribution >= 4 is 63.0 Å². The van der Waals surface area contributed by atoms with Gasteiger partial charge in [0, 0.05) is 45.9 Å². The molecule has 186 valence electrons. The van der Waals surface area contributed by atoms with Crippen LogP contribution in [0.2, 0.25) is 0 Å². The molecule has 0 spiro atoms. The molecule has 6 aromatic carbocycles. The highest BCUT2D eigenvalue weighted by Crippen LogP contribution is 2.44. The summed E-state index contributed by atoms with van der Waals surface area (Å²) in [5.74, 6) is 0. The zero-order valence-corrected chi connectivity index (χ0v) is 23.0. The quantitative estimate of drug-likeness (QED) is 0.217. The summed E-state index contributed by atoms with van der Waals surface area (Å²) in [6.45, 7) is 0. The topological polar surface area (TPSA) is 23.8 Å². The molecule has 8 aromatic rings. The predicted octanol–water partition coefficient (Wildman–Crippen LogP) is 11.3. The van der Waals surface area contributed by atoms with Gasteiger partial charge in [0.2, 0.25) is 0 Å². The summed E-state index contributed by atoms with van der Waals surface area (Å²) in [5, 5.41) is 15.2. The lowest BCUT2D eigenvalue weighted by molar-refractivity contribution is 1.48. The minimum atomic E-state index is 0.683. The van der Waals surface area contributed by atoms with Crippen molar-refractivity contribution in [3.63, 3.8) is 0 Å². The Morgan fingerprint density at radius 1 is 0.425 bits per heavy atom. The average Bonchev–Trinajstić information content (AvgIpc) is 3.59. The van der Waals surface area contributed by atoms with Gasteiger partial charge in [0.15, 0.2) is 0 Å². The van der Waals surface area contributed by atoms with Crippen LogP contribution in [0.4, 0.5) is 0 Å². The zero-order chi connectivity index (χ0) is 26.6. The highest BCUT2D eigenvalue weighted by atomic mass is 32.1. The number of hydrogen-bond acceptors (Lipinski definition) is 3. The minimum absolute atomic E-state index is 0.683. The first-order chi connectivity index (χ1) is 19.8. The molecule has 2 aromatic heterocycles. The van der Waals surface area contributed by atoms with Crippen LogP contribution in [-0.2, 0) is 0 Å². The fourth-order valence-corrected chi connectivity index (χ4v) is 8.19. The maximum atomic E-state index is 10.0. The van der Waals surface area contributed by atoms with E-state index >= 15 is 0 Å². The fraction of sp³-hybridized carbons (Fsp3) is 0. The van der Waals surface area contributed by atoms with E-state index in [1.165, 1.54) is 45.9 Å². The summed E-state index contributed by atoms with van der Waals surface area (Å²) in [6.07, 6.45) is 0. The Kier molecular flexibility index (Phi) is 5.31. The lowest BCUT2D eigenvalue weighted by Crippen LogP contribution is -1.91. The highest BCUT2D eigenvalue weighted by Gasteiger charge is 2.16. The zero-order valence-electron chi connectivity index (χ0n) is 21.4. The molecule has 2 heterocycles. The lowest BCUT2D eigenvalue weighted by atomic mass is 9.88. The van der Waals surface area contributed by atoms with Crippen LogP contribution < -0.4 is 0 Å². The van der Waals surface area contributed by atoms with Crippen molar-refractivity contribution < 1.29 is 0 Å². The van der Waals surface area contributed by atoms with Crippen molar-refractivity contribution in [2.24, 2.45) is 0 Å². The first-order valence-corrected chi connectivity index (χ1v) is 14.9. The van der Waals surface area contributed by atoms with E-state index in [9.17, 15) is 5.26 Å². The van der Waals surface area contributed by atoms with Crippen LogP contribution in [0.15, 0.2) is 127 Å². The normalized spacial score (nSPS) is 11.5. The average molecular weight is 544 g/mol. The van der Waals surface area contributed by atoms with E-state index in [4.69, 9.17) is 0 Å². The molecule has 0 aliphatic rings. The first-order valence-electron chi connectivity index (χ1n) is 13.2. The van der Waals surface area contributed by atoms with E-state index in [0.717, 1.165) is 27.8 Å². The second kappa shape index (κ2) is 9.17. The lowest BCUT2D eigenvalue weighted by Gasteiger charge is -2.15. The number of benzene rings is 6. The van der Waals surface area contributed by atoms with E-state index in [0.29, 0.717) is 5.56 Å². The fourth-order valence-electron chi connectivity index (χ4n) is 5.87. The van der Waals surface area contributed by atoms with Gasteiger partial charge in [-0.1, -0.05) is 91.0 Å². The summed E-state index contributed by atoms with van der Waals surface area (Å²) in [5.41, 5.74) is 7.39. The molecule has 0 aliphatic heterocycles. The van der Waals surface area contributed by atoms with Crippen LogP contribution in [0.3, 0.4) is 0 Å². The Balaban J connectivity index is 1.39. The van der Waals surface area contributed by atoms with E-state index in [1.807, 2.05) is 40.9 Å². The Morgan fingerprint density at radius 2 is 1.05 bits per heavy atom. The van der Waals surface area contributed by atoms with Crippen LogP contribution in [0.25, 0.3) is 73.7 Å². The van der Waals surface area contributed by atoms with Gasteiger partial charge in [0.05, 0.1) is 11.6 Å². The van der Waals surface area contributed by atoms with Gasteiger partial charge in [-0.3, -0.25) is 0 Å². The molecule has 0 saturated carbocycles. The van der Waals surface area contributed by atoms with Crippen molar-refractivity contribution in [3.8, 4) is 39.4 Å². The Labute approximate surface area is 239 Å². The number of rotatable bonds is 3. The van der Waals surface area contributed by atoms with Gasteiger partial charge in [-0.2, -0.15) is 5.26 Å². The minimum Gasteiger partial charge on any atom is -0.192 e. The highest BCUT2D eigenvalue weighted by molar-refractivity contribution is 7.26. The van der Waals surface area contributed by atoms with E-state index in [-0.39, 0.29) is 0 Å². The molecule has 0 N–H and O–H groups in total. The Bertz CT molecular complexity index is 2290. The molecule has 0 unspecified atom stereocenters. The molecule has 0 fully saturated rings. The van der Waals surface area contributed by atoms with Gasteiger partial charge >= 0.3 is 0 Å². The van der Waals surface area contributed by atoms with Gasteiger partial charge in [-0.25, -0.2) is 0 Å². The summed E-state index contributed by atoms with van der Waals surface area (Å²) < 4.78 is 5.18. The molecule has 0 amide bonds. The van der Waals surface area contributed by atoms with Crippen LogP contribution in [0.5, 0.6) is 0 Å². The Morgan fingerprint density at radius 3 is 1.90 bits per heavy atom. The van der Waals surface area contributed by atoms with Crippen LogP contribution in [0.1, 0.15) is 5.56 Å². The van der Waals surface area contributed by atoms with Gasteiger partial charge in [-0.15, -0.1) is 22.7 Å². The van der Waals surface area contributed by atoms with E-state index in [1.54, 1.807) is 0 Å². The first kappa shape index (κ1) is 23.2. The van der Waals surface area contributed by atoms with Gasteiger partial charge in [0.25, 0.3) is 0 Å². The third kappa shape index (κ3) is 3.58. The van der Waals surface area contributed by atoms with E-state index in [2.05, 4.69) is 115 Å². The van der Waals surface area contributed by atoms with Crippen molar-refractivity contribution in [1.29, 1.82) is 5.26 Å². The molecule has 40 heavy (non-hydrogen) atoms. The molecule has 0 aliphatic carbocycles. The number of thiophene rings is 2. The summed E-state index contributed by atoms with van der Waals surface area (Å²) in [6, 6.07) is 47.7. The van der Waals surface area contributed by atoms with Gasteiger partial charge in [0.1, 0.15) is 0 Å². The molecule has 0 bridgehead atoms. The standard InChI is InChI=1S/C37H21NS2/c38-22-25-8-1-2-9-26(25)32-20-24(28-12-7-13-31-29-10-3-6-15-35(29)40-37(28)31)16-18-27(32)23-17-19-36-33(21-23)30-11-4-5-14-34(30)39-36/h1-21H. The SMILES string of the molecule is N#Cc1ccccc1-c1cc(-c2cccc3c2sc2ccccc23)ccc1-c1ccc2sc3ccccc3c2c1. The van der Waals surface area contributed by atoms with Crippen LogP contribution in [0, 0.1) is 11.3 Å². The molecule has 3 heteroatoms. The van der Waals surface area contributed by atoms with Crippen LogP contribution in [-0.4, -0.2) is 0 Å². The third-order valence-corrected chi connectivity index (χ3v) is 10.1. The number of hydrogen-bond donors (Lipinski definition) is 0. The molecular weight excluding hydrogens is 523 g/mol. The van der Waals surface area contributed by atoms with Crippen molar-refractivity contribution in [2.45, 2.75) is 0 Å². The van der Waals surface area contributed by atoms with Gasteiger partial charge < -0.3 is 0 Å². The second-order valence-electron chi connectivity index (χ2n) is 10.0. The molecule has 0 saturated heterocycles. The van der Waals surface area contributed by atoms with Crippen molar-refractivity contribution in [3.05, 3.63) is 133 Å². The predicted molar refractivity (Wildman–Crippen MR) is 173 cm³/mol. The van der Waals surface area contributed by atoms with Gasteiger partial charge in [-0.05, 0) is 64.2 Å². The number of fused-ring (bicyclic) bond motifs is 6. The molecular formula is C37H21NS2. The van der Waals surface area contributed by atoms with Crippen LogP contribution >= 0.6 is 22.7 Å².